The van der Waals surface area contributed by atoms with Gasteiger partial charge in [0.15, 0.2) is 5.78 Å². The number of benzene rings is 2. The summed E-state index contributed by atoms with van der Waals surface area (Å²) < 4.78 is 1.77. The van der Waals surface area contributed by atoms with E-state index in [0.29, 0.717) is 29.4 Å². The SMILES string of the molecule is Cc1ccc(-n2nc(C(C)(C)C)cc2NC(=O)Nc2ccc(C(CC(=O)c3cccnc3)C3CCNCC3)cc2)cc1. The summed E-state index contributed by atoms with van der Waals surface area (Å²) in [6.45, 7) is 10.2. The van der Waals surface area contributed by atoms with Crippen LogP contribution in [0.25, 0.3) is 5.69 Å². The van der Waals surface area contributed by atoms with Gasteiger partial charge in [0.25, 0.3) is 0 Å². The third kappa shape index (κ3) is 7.12. The molecule has 8 nitrogen and oxygen atoms in total. The number of ketones is 1. The number of nitrogens with zero attached hydrogens (tertiary/aromatic N) is 3. The van der Waals surface area contributed by atoms with Crippen LogP contribution in [0.1, 0.15) is 73.1 Å². The maximum Gasteiger partial charge on any atom is 0.324 e. The number of aryl methyl sites for hydroxylation is 1. The molecule has 1 unspecified atom stereocenters. The highest BCUT2D eigenvalue weighted by Crippen LogP contribution is 2.35. The second kappa shape index (κ2) is 12.7. The smallest absolute Gasteiger partial charge is 0.317 e. The van der Waals surface area contributed by atoms with E-state index in [1.807, 2.05) is 67.6 Å². The first kappa shape index (κ1) is 29.2. The molecule has 1 aliphatic rings. The molecule has 5 rings (SSSR count). The van der Waals surface area contributed by atoms with Gasteiger partial charge in [0.1, 0.15) is 5.82 Å². The summed E-state index contributed by atoms with van der Waals surface area (Å²) in [5, 5.41) is 14.2. The zero-order chi connectivity index (χ0) is 29.7. The van der Waals surface area contributed by atoms with E-state index in [-0.39, 0.29) is 23.1 Å². The normalized spacial score (nSPS) is 14.8. The quantitative estimate of drug-likeness (QED) is 0.203. The lowest BCUT2D eigenvalue weighted by Gasteiger charge is -2.31. The first-order valence-corrected chi connectivity index (χ1v) is 14.7. The van der Waals surface area contributed by atoms with Crippen molar-refractivity contribution in [3.63, 3.8) is 0 Å². The number of anilines is 2. The Morgan fingerprint density at radius 3 is 2.36 bits per heavy atom. The summed E-state index contributed by atoms with van der Waals surface area (Å²) in [5.41, 5.74) is 5.16. The third-order valence-corrected chi connectivity index (χ3v) is 7.94. The molecule has 1 saturated heterocycles. The van der Waals surface area contributed by atoms with Crippen LogP contribution >= 0.6 is 0 Å². The topological polar surface area (TPSA) is 101 Å². The predicted molar refractivity (Wildman–Crippen MR) is 168 cm³/mol. The van der Waals surface area contributed by atoms with Crippen LogP contribution in [0.5, 0.6) is 0 Å². The van der Waals surface area contributed by atoms with Crippen molar-refractivity contribution < 1.29 is 9.59 Å². The van der Waals surface area contributed by atoms with Crippen LogP contribution in [0.3, 0.4) is 0 Å². The van der Waals surface area contributed by atoms with E-state index < -0.39 is 0 Å². The summed E-state index contributed by atoms with van der Waals surface area (Å²) in [6.07, 6.45) is 5.81. The fourth-order valence-electron chi connectivity index (χ4n) is 5.46. The summed E-state index contributed by atoms with van der Waals surface area (Å²) in [4.78, 5) is 30.4. The van der Waals surface area contributed by atoms with Gasteiger partial charge in [-0.1, -0.05) is 50.6 Å². The number of amides is 2. The fourth-order valence-corrected chi connectivity index (χ4v) is 5.46. The van der Waals surface area contributed by atoms with Crippen LogP contribution in [0.2, 0.25) is 0 Å². The van der Waals surface area contributed by atoms with Crippen molar-refractivity contribution in [3.05, 3.63) is 102 Å². The Morgan fingerprint density at radius 1 is 1.00 bits per heavy atom. The largest absolute Gasteiger partial charge is 0.324 e. The number of Topliss-reactive ketones (excluding diaryl/α,β-unsaturated/α-hetero) is 1. The standard InChI is InChI=1S/C34H40N6O2/c1-23-7-13-28(14-8-23)40-32(21-31(39-40)34(2,3)4)38-33(42)37-27-11-9-24(10-12-27)29(25-15-18-35-19-16-25)20-30(41)26-6-5-17-36-22-26/h5-14,17,21-22,25,29,35H,15-16,18-20H2,1-4H3,(H2,37,38,42). The van der Waals surface area contributed by atoms with Crippen LogP contribution in [-0.2, 0) is 5.41 Å². The Labute approximate surface area is 248 Å². The molecule has 42 heavy (non-hydrogen) atoms. The molecule has 0 radical (unpaired) electrons. The van der Waals surface area contributed by atoms with Crippen LogP contribution in [0.15, 0.2) is 79.1 Å². The molecule has 2 amide bonds. The molecule has 0 spiro atoms. The number of piperidine rings is 1. The van der Waals surface area contributed by atoms with Crippen molar-refractivity contribution in [1.82, 2.24) is 20.1 Å². The van der Waals surface area contributed by atoms with Gasteiger partial charge in [0.2, 0.25) is 0 Å². The molecule has 0 bridgehead atoms. The van der Waals surface area contributed by atoms with Gasteiger partial charge in [-0.15, -0.1) is 0 Å². The average Bonchev–Trinajstić information content (AvgIpc) is 3.42. The lowest BCUT2D eigenvalue weighted by molar-refractivity contribution is 0.0958. The highest BCUT2D eigenvalue weighted by molar-refractivity contribution is 5.99. The van der Waals surface area contributed by atoms with Gasteiger partial charge in [-0.25, -0.2) is 9.48 Å². The summed E-state index contributed by atoms with van der Waals surface area (Å²) >= 11 is 0. The Bertz CT molecular complexity index is 1500. The fraction of sp³-hybridized carbons (Fsp3) is 0.353. The molecular formula is C34H40N6O2. The van der Waals surface area contributed by atoms with Crippen molar-refractivity contribution in [1.29, 1.82) is 0 Å². The average molecular weight is 565 g/mol. The van der Waals surface area contributed by atoms with E-state index in [2.05, 4.69) is 41.7 Å². The Hall–Kier alpha value is -4.30. The van der Waals surface area contributed by atoms with Crippen LogP contribution < -0.4 is 16.0 Å². The first-order valence-electron chi connectivity index (χ1n) is 14.7. The van der Waals surface area contributed by atoms with Crippen molar-refractivity contribution in [2.24, 2.45) is 5.92 Å². The van der Waals surface area contributed by atoms with Gasteiger partial charge in [0, 0.05) is 41.5 Å². The number of pyridine rings is 1. The van der Waals surface area contributed by atoms with Crippen LogP contribution in [0.4, 0.5) is 16.3 Å². The number of urea groups is 1. The molecule has 4 aromatic rings. The molecule has 3 heterocycles. The van der Waals surface area contributed by atoms with Gasteiger partial charge in [0.05, 0.1) is 11.4 Å². The highest BCUT2D eigenvalue weighted by Gasteiger charge is 2.28. The number of hydrogen-bond donors (Lipinski definition) is 3. The minimum absolute atomic E-state index is 0.0994. The Balaban J connectivity index is 1.31. The van der Waals surface area contributed by atoms with Gasteiger partial charge < -0.3 is 10.6 Å². The third-order valence-electron chi connectivity index (χ3n) is 7.94. The van der Waals surface area contributed by atoms with Gasteiger partial charge in [-0.05, 0) is 86.7 Å². The van der Waals surface area contributed by atoms with E-state index in [1.54, 1.807) is 23.1 Å². The maximum absolute atomic E-state index is 13.1. The van der Waals surface area contributed by atoms with Crippen molar-refractivity contribution in [3.8, 4) is 5.69 Å². The molecule has 2 aromatic heterocycles. The number of nitrogens with one attached hydrogen (secondary N) is 3. The van der Waals surface area contributed by atoms with E-state index >= 15 is 0 Å². The molecule has 1 atom stereocenters. The lowest BCUT2D eigenvalue weighted by Crippen LogP contribution is -2.31. The molecule has 0 aliphatic carbocycles. The molecule has 8 heteroatoms. The zero-order valence-electron chi connectivity index (χ0n) is 24.9. The molecule has 2 aromatic carbocycles. The van der Waals surface area contributed by atoms with Crippen molar-refractivity contribution in [2.75, 3.05) is 23.7 Å². The van der Waals surface area contributed by atoms with Gasteiger partial charge in [-0.3, -0.25) is 15.1 Å². The minimum Gasteiger partial charge on any atom is -0.317 e. The molecule has 1 aliphatic heterocycles. The molecule has 0 saturated carbocycles. The number of rotatable bonds is 8. The first-order chi connectivity index (χ1) is 20.2. The van der Waals surface area contributed by atoms with Crippen molar-refractivity contribution in [2.45, 2.75) is 58.3 Å². The van der Waals surface area contributed by atoms with E-state index in [4.69, 9.17) is 5.10 Å². The predicted octanol–water partition coefficient (Wildman–Crippen LogP) is 6.87. The summed E-state index contributed by atoms with van der Waals surface area (Å²) in [5.74, 6) is 1.21. The monoisotopic (exact) mass is 564 g/mol. The molecule has 3 N–H and O–H groups in total. The van der Waals surface area contributed by atoms with E-state index in [9.17, 15) is 9.59 Å². The summed E-state index contributed by atoms with van der Waals surface area (Å²) in [6, 6.07) is 21.1. The van der Waals surface area contributed by atoms with Gasteiger partial charge in [-0.2, -0.15) is 5.10 Å². The Morgan fingerprint density at radius 2 is 1.71 bits per heavy atom. The number of carbonyl (C=O) groups is 2. The maximum atomic E-state index is 13.1. The molecule has 218 valence electrons. The van der Waals surface area contributed by atoms with Gasteiger partial charge >= 0.3 is 6.03 Å². The highest BCUT2D eigenvalue weighted by atomic mass is 16.2. The summed E-state index contributed by atoms with van der Waals surface area (Å²) in [7, 11) is 0. The van der Waals surface area contributed by atoms with Crippen LogP contribution in [0, 0.1) is 12.8 Å². The second-order valence-corrected chi connectivity index (χ2v) is 12.2. The number of aromatic nitrogens is 3. The minimum atomic E-state index is -0.349. The zero-order valence-corrected chi connectivity index (χ0v) is 24.9. The second-order valence-electron chi connectivity index (χ2n) is 12.2. The van der Waals surface area contributed by atoms with E-state index in [0.717, 1.165) is 48.4 Å². The molecular weight excluding hydrogens is 524 g/mol. The molecule has 1 fully saturated rings. The van der Waals surface area contributed by atoms with Crippen molar-refractivity contribution >= 4 is 23.3 Å². The van der Waals surface area contributed by atoms with E-state index in [1.165, 1.54) is 0 Å². The number of carbonyl (C=O) groups excluding carboxylic acids is 2. The Kier molecular flexibility index (Phi) is 8.83. The van der Waals surface area contributed by atoms with Crippen LogP contribution in [-0.4, -0.2) is 39.7 Å². The lowest BCUT2D eigenvalue weighted by atomic mass is 9.77. The number of hydrogen-bond acceptors (Lipinski definition) is 5.